The van der Waals surface area contributed by atoms with Crippen molar-refractivity contribution in [3.8, 4) is 82.9 Å². The summed E-state index contributed by atoms with van der Waals surface area (Å²) in [5.74, 6) is 32.0. The molecule has 12 heteroatoms. The van der Waals surface area contributed by atoms with Crippen molar-refractivity contribution in [1.82, 2.24) is 0 Å². The van der Waals surface area contributed by atoms with Crippen LogP contribution in [0.15, 0.2) is 0 Å². The van der Waals surface area contributed by atoms with Crippen molar-refractivity contribution in [1.29, 1.82) is 0 Å². The van der Waals surface area contributed by atoms with Crippen LogP contribution in [0.1, 0.15) is 96.6 Å². The first-order valence-corrected chi connectivity index (χ1v) is 14.2. The molecule has 0 bridgehead atoms. The molecule has 0 saturated heterocycles. The topological polar surface area (TPSA) is 125 Å². The SMILES string of the molecule is CC#CC#CC#CC#CC#CC#CC#CC(=O)OC[C@@H](COP(=O)([O-])[O-])OC(=O)CCCCCCCCCCC.S.[HH].[HH].[HH].[HH].[HH].[HH].[HH].[HH].[HH].[HH].[HH].[HH].[HH].[Na+].[Na+]. The summed E-state index contributed by atoms with van der Waals surface area (Å²) >= 11 is 0. The Kier molecular flexibility index (Phi) is 39.0. The fourth-order valence-electron chi connectivity index (χ4n) is 2.78. The minimum absolute atomic E-state index is 0. The van der Waals surface area contributed by atoms with Crippen molar-refractivity contribution >= 4 is 33.3 Å². The maximum absolute atomic E-state index is 12.1. The van der Waals surface area contributed by atoms with E-state index in [1.54, 1.807) is 6.92 Å². The summed E-state index contributed by atoms with van der Waals surface area (Å²) in [6.45, 7) is 2.49. The van der Waals surface area contributed by atoms with Gasteiger partial charge in [0.15, 0.2) is 6.10 Å². The van der Waals surface area contributed by atoms with Crippen LogP contribution < -0.4 is 68.9 Å². The predicted molar refractivity (Wildman–Crippen MR) is 184 cm³/mol. The van der Waals surface area contributed by atoms with Crippen LogP contribution in [0.3, 0.4) is 0 Å². The number of rotatable bonds is 16. The van der Waals surface area contributed by atoms with Crippen molar-refractivity contribution in [2.75, 3.05) is 13.2 Å². The molecule has 0 heterocycles. The average molecular weight is 669 g/mol. The molecule has 0 spiro atoms. The Balaban J connectivity index is -0.0000000634. The molecular formula is C31H59Na2O8PS. The third-order valence-electron chi connectivity index (χ3n) is 4.58. The Labute approximate surface area is 327 Å². The van der Waals surface area contributed by atoms with Crippen LogP contribution in [0.2, 0.25) is 0 Å². The fraction of sp³-hybridized carbons (Fsp3) is 0.484. The number of hydrogen-bond donors (Lipinski definition) is 0. The van der Waals surface area contributed by atoms with Crippen molar-refractivity contribution in [2.45, 2.75) is 84.2 Å². The molecule has 0 aliphatic rings. The molecule has 0 rings (SSSR count). The number of phosphoric acid groups is 1. The molecule has 1 atom stereocenters. The van der Waals surface area contributed by atoms with Crippen molar-refractivity contribution in [2.24, 2.45) is 0 Å². The van der Waals surface area contributed by atoms with Gasteiger partial charge in [-0.1, -0.05) is 64.2 Å². The van der Waals surface area contributed by atoms with Gasteiger partial charge >= 0.3 is 71.1 Å². The molecule has 0 fully saturated rings. The summed E-state index contributed by atoms with van der Waals surface area (Å²) in [6.07, 6.45) is 8.41. The van der Waals surface area contributed by atoms with E-state index in [1.807, 2.05) is 0 Å². The zero-order chi connectivity index (χ0) is 29.7. The Bertz CT molecular complexity index is 1360. The van der Waals surface area contributed by atoms with Gasteiger partial charge in [0.1, 0.15) is 6.61 Å². The Morgan fingerprint density at radius 1 is 0.721 bits per heavy atom. The quantitative estimate of drug-likeness (QED) is 0.0542. The first-order chi connectivity index (χ1) is 19.3. The number of esters is 2. The van der Waals surface area contributed by atoms with Gasteiger partial charge in [-0.25, -0.2) is 4.79 Å². The standard InChI is InChI=1S/C31H33O8P.2Na.H2S.13H2/c1-3-5-7-9-11-13-14-15-16-18-19-21-23-25-30(32)37-27-29(28-38-40(34,35)36)39-31(33)26-24-22-20-17-12-10-8-6-4-2;;;;;;;;;;;;;;;;/h29H,4,6,8,10,12,17,20,22,24,26-28H2,1-2H3,(H2,34,35,36);;;1H2;13*1H/q;2*+1;;;;;;;;;;;;;;/p-2/t29-;;;;;;;;;;;;;;;;/m0................/s1. The maximum atomic E-state index is 12.1. The van der Waals surface area contributed by atoms with Gasteiger partial charge < -0.3 is 28.3 Å². The van der Waals surface area contributed by atoms with E-state index in [9.17, 15) is 23.9 Å². The molecule has 0 amide bonds. The first-order valence-electron chi connectivity index (χ1n) is 12.7. The van der Waals surface area contributed by atoms with Gasteiger partial charge in [-0.3, -0.25) is 4.79 Å². The average Bonchev–Trinajstić information content (AvgIpc) is 2.91. The minimum atomic E-state index is -5.32. The van der Waals surface area contributed by atoms with Crippen LogP contribution >= 0.6 is 21.3 Å². The van der Waals surface area contributed by atoms with Crippen molar-refractivity contribution in [3.63, 3.8) is 0 Å². The number of unbranched alkanes of at least 4 members (excludes halogenated alkanes) is 8. The van der Waals surface area contributed by atoms with Crippen molar-refractivity contribution in [3.05, 3.63) is 0 Å². The molecule has 0 aromatic rings. The molecular weight excluding hydrogens is 609 g/mol. The van der Waals surface area contributed by atoms with E-state index in [-0.39, 0.29) is 97.6 Å². The van der Waals surface area contributed by atoms with Gasteiger partial charge in [0, 0.05) is 30.9 Å². The monoisotopic (exact) mass is 668 g/mol. The molecule has 0 aliphatic heterocycles. The van der Waals surface area contributed by atoms with Gasteiger partial charge in [0.2, 0.25) is 0 Å². The third kappa shape index (κ3) is 38.3. The number of hydrogen-bond acceptors (Lipinski definition) is 8. The molecule has 43 heavy (non-hydrogen) atoms. The molecule has 0 aromatic heterocycles. The fourth-order valence-corrected chi connectivity index (χ4v) is 3.13. The second-order valence-electron chi connectivity index (χ2n) is 7.91. The summed E-state index contributed by atoms with van der Waals surface area (Å²) < 4.78 is 24.9. The van der Waals surface area contributed by atoms with Gasteiger partial charge in [0.05, 0.1) is 14.4 Å². The molecule has 8 nitrogen and oxygen atoms in total. The maximum Gasteiger partial charge on any atom is 1.00 e. The molecule has 0 unspecified atom stereocenters. The number of carbonyl (C=O) groups excluding carboxylic acids is 2. The number of carbonyl (C=O) groups is 2. The number of phosphoric ester groups is 1. The van der Waals surface area contributed by atoms with Gasteiger partial charge in [-0.2, -0.15) is 13.5 Å². The van der Waals surface area contributed by atoms with E-state index in [2.05, 4.69) is 94.3 Å². The van der Waals surface area contributed by atoms with E-state index < -0.39 is 39.1 Å². The van der Waals surface area contributed by atoms with Gasteiger partial charge in [0.25, 0.3) is 0 Å². The van der Waals surface area contributed by atoms with E-state index in [4.69, 9.17) is 9.47 Å². The predicted octanol–water partition coefficient (Wildman–Crippen LogP) is -0.430. The van der Waals surface area contributed by atoms with Crippen molar-refractivity contribution < 1.29 is 116 Å². The summed E-state index contributed by atoms with van der Waals surface area (Å²) in [5.41, 5.74) is 0. The molecule has 0 aliphatic carbocycles. The summed E-state index contributed by atoms with van der Waals surface area (Å²) in [7, 11) is -5.32. The molecule has 0 N–H and O–H groups in total. The van der Waals surface area contributed by atoms with E-state index in [1.165, 1.54) is 32.1 Å². The summed E-state index contributed by atoms with van der Waals surface area (Å²) in [4.78, 5) is 45.5. The van der Waals surface area contributed by atoms with Crippen LogP contribution in [0, 0.1) is 82.9 Å². The van der Waals surface area contributed by atoms with E-state index >= 15 is 0 Å². The second-order valence-corrected chi connectivity index (χ2v) is 9.06. The molecule has 0 aromatic carbocycles. The van der Waals surface area contributed by atoms with Crippen LogP contribution in [0.5, 0.6) is 0 Å². The van der Waals surface area contributed by atoms with E-state index in [0.717, 1.165) is 19.3 Å². The molecule has 244 valence electrons. The Morgan fingerprint density at radius 3 is 1.63 bits per heavy atom. The van der Waals surface area contributed by atoms with Crippen LogP contribution in [-0.4, -0.2) is 31.3 Å². The Hall–Kier alpha value is -1.68. The first kappa shape index (κ1) is 48.2. The number of ether oxygens (including phenoxy) is 2. The van der Waals surface area contributed by atoms with Crippen LogP contribution in [0.4, 0.5) is 0 Å². The normalized spacial score (nSPS) is 8.93. The Morgan fingerprint density at radius 2 is 1.16 bits per heavy atom. The van der Waals surface area contributed by atoms with Gasteiger partial charge in [-0.05, 0) is 84.4 Å². The van der Waals surface area contributed by atoms with E-state index in [0.29, 0.717) is 6.42 Å². The zero-order valence-electron chi connectivity index (χ0n) is 25.3. The van der Waals surface area contributed by atoms with Crippen LogP contribution in [-0.2, 0) is 28.2 Å². The molecule has 0 saturated carbocycles. The third-order valence-corrected chi connectivity index (χ3v) is 5.04. The van der Waals surface area contributed by atoms with Gasteiger partial charge in [-0.15, -0.1) is 0 Å². The zero-order valence-corrected chi connectivity index (χ0v) is 31.2. The minimum Gasteiger partial charge on any atom is -0.790 e. The summed E-state index contributed by atoms with van der Waals surface area (Å²) in [6, 6.07) is 0. The molecule has 0 radical (unpaired) electrons. The summed E-state index contributed by atoms with van der Waals surface area (Å²) in [5, 5.41) is 0. The second kappa shape index (κ2) is 34.8. The largest absolute Gasteiger partial charge is 1.00 e. The smallest absolute Gasteiger partial charge is 0.790 e. The van der Waals surface area contributed by atoms with Crippen LogP contribution in [0.25, 0.3) is 0 Å².